The lowest BCUT2D eigenvalue weighted by Crippen LogP contribution is -2.30. The van der Waals surface area contributed by atoms with Gasteiger partial charge in [-0.05, 0) is 135 Å². The molecular weight excluding hydrogens is 1020 g/mol. The number of allylic oxidation sites excluding steroid dienone is 24. The first-order valence-corrected chi connectivity index (χ1v) is 34.3. The SMILES string of the molecule is CC/C=C\C/C=C\C/C=C\C/C=C\C/C=C\C/C=C\C/C=C\CCCC(=O)OC(COC(=O)CCCCCC/C=C\C/C=C\C/C=C\C/C=C\CC)COC(=O)CCCCCCCCCCCCCCC/C=C\CCCCCCCCCC. The Bertz CT molecular complexity index is 1800. The third kappa shape index (κ3) is 68.0. The van der Waals surface area contributed by atoms with E-state index in [-0.39, 0.29) is 37.5 Å². The van der Waals surface area contributed by atoms with Gasteiger partial charge in [0.2, 0.25) is 0 Å². The van der Waals surface area contributed by atoms with Crippen LogP contribution in [0.15, 0.2) is 146 Å². The topological polar surface area (TPSA) is 78.9 Å². The summed E-state index contributed by atoms with van der Waals surface area (Å²) in [5.41, 5.74) is 0. The van der Waals surface area contributed by atoms with Crippen LogP contribution < -0.4 is 0 Å². The van der Waals surface area contributed by atoms with E-state index in [1.807, 2.05) is 0 Å². The summed E-state index contributed by atoms with van der Waals surface area (Å²) in [7, 11) is 0. The highest BCUT2D eigenvalue weighted by Crippen LogP contribution is 2.16. The molecule has 470 valence electrons. The maximum absolute atomic E-state index is 12.9. The van der Waals surface area contributed by atoms with Gasteiger partial charge >= 0.3 is 17.9 Å². The second kappa shape index (κ2) is 69.8. The molecule has 1 unspecified atom stereocenters. The lowest BCUT2D eigenvalue weighted by atomic mass is 10.0. The van der Waals surface area contributed by atoms with Gasteiger partial charge in [0.25, 0.3) is 0 Å². The van der Waals surface area contributed by atoms with Crippen molar-refractivity contribution in [2.75, 3.05) is 13.2 Å². The highest BCUT2D eigenvalue weighted by Gasteiger charge is 2.19. The summed E-state index contributed by atoms with van der Waals surface area (Å²) in [5, 5.41) is 0. The molecule has 0 fully saturated rings. The van der Waals surface area contributed by atoms with E-state index in [2.05, 4.69) is 167 Å². The second-order valence-electron chi connectivity index (χ2n) is 22.3. The summed E-state index contributed by atoms with van der Waals surface area (Å²) in [6.45, 7) is 6.36. The molecule has 6 heteroatoms. The molecule has 6 nitrogen and oxygen atoms in total. The number of hydrogen-bond donors (Lipinski definition) is 0. The Balaban J connectivity index is 4.48. The molecule has 0 bridgehead atoms. The van der Waals surface area contributed by atoms with E-state index in [4.69, 9.17) is 14.2 Å². The summed E-state index contributed by atoms with van der Waals surface area (Å²) in [5.74, 6) is -0.995. The van der Waals surface area contributed by atoms with E-state index in [1.165, 1.54) is 128 Å². The molecule has 0 aliphatic heterocycles. The van der Waals surface area contributed by atoms with Crippen molar-refractivity contribution in [3.8, 4) is 0 Å². The Morgan fingerprint density at radius 2 is 0.482 bits per heavy atom. The molecular formula is C77H126O6. The molecule has 0 aromatic rings. The van der Waals surface area contributed by atoms with Gasteiger partial charge in [-0.25, -0.2) is 0 Å². The summed E-state index contributed by atoms with van der Waals surface area (Å²) in [4.78, 5) is 38.4. The Morgan fingerprint density at radius 3 is 0.783 bits per heavy atom. The van der Waals surface area contributed by atoms with Crippen LogP contribution in [0, 0.1) is 0 Å². The monoisotopic (exact) mass is 1150 g/mol. The molecule has 0 aromatic carbocycles. The van der Waals surface area contributed by atoms with Gasteiger partial charge in [-0.2, -0.15) is 0 Å². The summed E-state index contributed by atoms with van der Waals surface area (Å²) in [6.07, 6.45) is 100. The number of rotatable bonds is 61. The summed E-state index contributed by atoms with van der Waals surface area (Å²) in [6, 6.07) is 0. The first-order valence-electron chi connectivity index (χ1n) is 34.3. The second-order valence-corrected chi connectivity index (χ2v) is 22.3. The molecule has 0 amide bonds. The van der Waals surface area contributed by atoms with Crippen LogP contribution in [0.1, 0.15) is 303 Å². The Morgan fingerprint density at radius 1 is 0.253 bits per heavy atom. The number of ether oxygens (including phenoxy) is 3. The van der Waals surface area contributed by atoms with E-state index in [0.717, 1.165) is 128 Å². The molecule has 0 heterocycles. The number of carbonyl (C=O) groups is 3. The lowest BCUT2D eigenvalue weighted by Gasteiger charge is -2.18. The molecule has 0 saturated carbocycles. The number of unbranched alkanes of at least 4 members (excludes halogenated alkanes) is 26. The maximum atomic E-state index is 12.9. The zero-order valence-electron chi connectivity index (χ0n) is 53.9. The molecule has 0 saturated heterocycles. The van der Waals surface area contributed by atoms with E-state index >= 15 is 0 Å². The summed E-state index contributed by atoms with van der Waals surface area (Å²) >= 11 is 0. The number of hydrogen-bond acceptors (Lipinski definition) is 6. The lowest BCUT2D eigenvalue weighted by molar-refractivity contribution is -0.167. The molecule has 1 atom stereocenters. The molecule has 0 N–H and O–H groups in total. The van der Waals surface area contributed by atoms with Gasteiger partial charge < -0.3 is 14.2 Å². The minimum atomic E-state index is -0.827. The Kier molecular flexibility index (Phi) is 65.8. The van der Waals surface area contributed by atoms with Crippen LogP contribution in [0.3, 0.4) is 0 Å². The van der Waals surface area contributed by atoms with E-state index in [0.29, 0.717) is 19.3 Å². The van der Waals surface area contributed by atoms with Crippen LogP contribution in [-0.4, -0.2) is 37.2 Å². The minimum Gasteiger partial charge on any atom is -0.462 e. The van der Waals surface area contributed by atoms with Crippen LogP contribution in [-0.2, 0) is 28.6 Å². The van der Waals surface area contributed by atoms with Crippen molar-refractivity contribution in [1.82, 2.24) is 0 Å². The van der Waals surface area contributed by atoms with Gasteiger partial charge in [-0.1, -0.05) is 295 Å². The van der Waals surface area contributed by atoms with Crippen LogP contribution in [0.5, 0.6) is 0 Å². The van der Waals surface area contributed by atoms with Crippen LogP contribution in [0.2, 0.25) is 0 Å². The van der Waals surface area contributed by atoms with E-state index in [9.17, 15) is 14.4 Å². The van der Waals surface area contributed by atoms with E-state index in [1.54, 1.807) is 0 Å². The molecule has 83 heavy (non-hydrogen) atoms. The molecule has 0 aliphatic carbocycles. The normalized spacial score (nSPS) is 13.0. The molecule has 0 aliphatic rings. The van der Waals surface area contributed by atoms with Crippen molar-refractivity contribution < 1.29 is 28.6 Å². The summed E-state index contributed by atoms with van der Waals surface area (Å²) < 4.78 is 16.9. The van der Waals surface area contributed by atoms with Gasteiger partial charge in [0, 0.05) is 19.3 Å². The predicted octanol–water partition coefficient (Wildman–Crippen LogP) is 23.9. The fourth-order valence-corrected chi connectivity index (χ4v) is 9.24. The smallest absolute Gasteiger partial charge is 0.306 e. The zero-order valence-corrected chi connectivity index (χ0v) is 53.9. The zero-order chi connectivity index (χ0) is 59.9. The molecule has 0 aromatic heterocycles. The van der Waals surface area contributed by atoms with Crippen molar-refractivity contribution in [2.24, 2.45) is 0 Å². The van der Waals surface area contributed by atoms with Crippen LogP contribution in [0.25, 0.3) is 0 Å². The van der Waals surface area contributed by atoms with Crippen molar-refractivity contribution in [2.45, 2.75) is 309 Å². The van der Waals surface area contributed by atoms with Crippen LogP contribution in [0.4, 0.5) is 0 Å². The van der Waals surface area contributed by atoms with E-state index < -0.39 is 6.10 Å². The van der Waals surface area contributed by atoms with Crippen molar-refractivity contribution in [1.29, 1.82) is 0 Å². The highest BCUT2D eigenvalue weighted by atomic mass is 16.6. The van der Waals surface area contributed by atoms with Crippen LogP contribution >= 0.6 is 0 Å². The number of esters is 3. The first kappa shape index (κ1) is 78.3. The largest absolute Gasteiger partial charge is 0.462 e. The standard InChI is InChI=1S/C77H126O6/c1-4-7-10-13-16-19-22-25-28-31-33-35-37-38-40-41-43-46-49-52-55-58-61-64-67-70-76(79)82-73-74(72-81-75(78)69-66-63-60-57-54-51-48-45-30-27-24-21-18-15-12-9-6-3)83-77(80)71-68-65-62-59-56-53-50-47-44-42-39-36-34-32-29-26-23-20-17-14-11-8-5-2/h8-9,11-12,17-18,20-21,26-27,29-31,33-34,36,42,44,48,50-51,53,59,62,74H,4-7,10,13-16,19,22-25,28,32,35,37-41,43,45-47,49,52,54-58,60-61,63-73H2,1-3H3/b11-8-,12-9-,20-17-,21-18-,29-26-,30-27-,33-31-,36-34-,44-42-,51-48-,53-50-,62-59-. The quantitative estimate of drug-likeness (QED) is 0.0261. The Hall–Kier alpha value is -4.71. The van der Waals surface area contributed by atoms with Crippen molar-refractivity contribution in [3.63, 3.8) is 0 Å². The van der Waals surface area contributed by atoms with Crippen molar-refractivity contribution in [3.05, 3.63) is 146 Å². The van der Waals surface area contributed by atoms with Gasteiger partial charge in [0.1, 0.15) is 13.2 Å². The highest BCUT2D eigenvalue weighted by molar-refractivity contribution is 5.71. The fraction of sp³-hybridized carbons (Fsp3) is 0.649. The minimum absolute atomic E-state index is 0.113. The van der Waals surface area contributed by atoms with Gasteiger partial charge in [-0.15, -0.1) is 0 Å². The molecule has 0 spiro atoms. The van der Waals surface area contributed by atoms with Gasteiger partial charge in [-0.3, -0.25) is 14.4 Å². The third-order valence-electron chi connectivity index (χ3n) is 14.3. The maximum Gasteiger partial charge on any atom is 0.306 e. The third-order valence-corrected chi connectivity index (χ3v) is 14.3. The fourth-order valence-electron chi connectivity index (χ4n) is 9.24. The molecule has 0 rings (SSSR count). The Labute approximate surface area is 512 Å². The molecule has 0 radical (unpaired) electrons. The predicted molar refractivity (Wildman–Crippen MR) is 362 cm³/mol. The van der Waals surface area contributed by atoms with Gasteiger partial charge in [0.05, 0.1) is 0 Å². The first-order chi connectivity index (χ1) is 41.0. The van der Waals surface area contributed by atoms with Gasteiger partial charge in [0.15, 0.2) is 6.10 Å². The number of carbonyl (C=O) groups excluding carboxylic acids is 3. The average Bonchev–Trinajstić information content (AvgIpc) is 3.49. The van der Waals surface area contributed by atoms with Crippen molar-refractivity contribution >= 4 is 17.9 Å². The average molecular weight is 1150 g/mol.